The summed E-state index contributed by atoms with van der Waals surface area (Å²) in [5.74, 6) is 1.33. The molecule has 6 heteroatoms. The standard InChI is InChI=1S/C14H18N4O2/c19-12-4-1-3-11(9-12)14-16-13(20-17-14)10-18-7-2-5-15-6-8-18/h1,3-4,9,15,19H,2,5-8,10H2. The fourth-order valence-corrected chi connectivity index (χ4v) is 2.33. The molecule has 0 radical (unpaired) electrons. The van der Waals surface area contributed by atoms with Gasteiger partial charge in [0.1, 0.15) is 5.75 Å². The van der Waals surface area contributed by atoms with E-state index in [1.165, 1.54) is 0 Å². The smallest absolute Gasteiger partial charge is 0.241 e. The van der Waals surface area contributed by atoms with Crippen molar-refractivity contribution in [3.05, 3.63) is 30.2 Å². The first kappa shape index (κ1) is 13.1. The molecule has 2 heterocycles. The van der Waals surface area contributed by atoms with E-state index in [-0.39, 0.29) is 5.75 Å². The van der Waals surface area contributed by atoms with E-state index in [1.54, 1.807) is 18.2 Å². The molecule has 6 nitrogen and oxygen atoms in total. The first-order chi connectivity index (χ1) is 9.81. The van der Waals surface area contributed by atoms with Gasteiger partial charge in [-0.1, -0.05) is 17.3 Å². The summed E-state index contributed by atoms with van der Waals surface area (Å²) in [7, 11) is 0. The third kappa shape index (κ3) is 3.15. The number of benzene rings is 1. The second-order valence-corrected chi connectivity index (χ2v) is 4.94. The highest BCUT2D eigenvalue weighted by molar-refractivity contribution is 5.56. The minimum absolute atomic E-state index is 0.201. The zero-order valence-electron chi connectivity index (χ0n) is 11.2. The van der Waals surface area contributed by atoms with E-state index in [0.717, 1.165) is 38.2 Å². The Labute approximate surface area is 117 Å². The molecule has 0 atom stereocenters. The van der Waals surface area contributed by atoms with Crippen molar-refractivity contribution in [1.82, 2.24) is 20.4 Å². The van der Waals surface area contributed by atoms with Gasteiger partial charge < -0.3 is 14.9 Å². The number of hydrogen-bond acceptors (Lipinski definition) is 6. The molecule has 1 fully saturated rings. The summed E-state index contributed by atoms with van der Waals surface area (Å²) in [4.78, 5) is 6.70. The maximum Gasteiger partial charge on any atom is 0.241 e. The fraction of sp³-hybridized carbons (Fsp3) is 0.429. The predicted octanol–water partition coefficient (Wildman–Crippen LogP) is 1.24. The molecule has 2 N–H and O–H groups in total. The average molecular weight is 274 g/mol. The zero-order chi connectivity index (χ0) is 13.8. The number of phenolic OH excluding ortho intramolecular Hbond substituents is 1. The van der Waals surface area contributed by atoms with Gasteiger partial charge in [0.15, 0.2) is 0 Å². The number of phenols is 1. The highest BCUT2D eigenvalue weighted by Crippen LogP contribution is 2.20. The quantitative estimate of drug-likeness (QED) is 0.877. The third-order valence-electron chi connectivity index (χ3n) is 3.36. The van der Waals surface area contributed by atoms with Crippen molar-refractivity contribution in [3.63, 3.8) is 0 Å². The summed E-state index contributed by atoms with van der Waals surface area (Å²) >= 11 is 0. The molecule has 2 aromatic rings. The lowest BCUT2D eigenvalue weighted by Crippen LogP contribution is -2.27. The average Bonchev–Trinajstić information content (AvgIpc) is 2.75. The van der Waals surface area contributed by atoms with Gasteiger partial charge in [0.25, 0.3) is 0 Å². The monoisotopic (exact) mass is 274 g/mol. The molecular weight excluding hydrogens is 256 g/mol. The minimum Gasteiger partial charge on any atom is -0.508 e. The van der Waals surface area contributed by atoms with Crippen molar-refractivity contribution in [1.29, 1.82) is 0 Å². The van der Waals surface area contributed by atoms with Crippen LogP contribution in [0.2, 0.25) is 0 Å². The maximum absolute atomic E-state index is 9.47. The van der Waals surface area contributed by atoms with E-state index in [9.17, 15) is 5.11 Å². The molecule has 0 amide bonds. The van der Waals surface area contributed by atoms with E-state index in [4.69, 9.17) is 4.52 Å². The Morgan fingerprint density at radius 3 is 3.15 bits per heavy atom. The second kappa shape index (κ2) is 6.02. The highest BCUT2D eigenvalue weighted by atomic mass is 16.5. The first-order valence-corrected chi connectivity index (χ1v) is 6.86. The Bertz CT molecular complexity index is 562. The van der Waals surface area contributed by atoms with Crippen LogP contribution < -0.4 is 5.32 Å². The van der Waals surface area contributed by atoms with Crippen molar-refractivity contribution >= 4 is 0 Å². The lowest BCUT2D eigenvalue weighted by atomic mass is 10.2. The Hall–Kier alpha value is -1.92. The molecule has 0 spiro atoms. The van der Waals surface area contributed by atoms with Crippen molar-refractivity contribution < 1.29 is 9.63 Å². The van der Waals surface area contributed by atoms with E-state index in [1.807, 2.05) is 6.07 Å². The van der Waals surface area contributed by atoms with Crippen LogP contribution in [0.25, 0.3) is 11.4 Å². The van der Waals surface area contributed by atoms with E-state index >= 15 is 0 Å². The van der Waals surface area contributed by atoms with Crippen LogP contribution in [0.3, 0.4) is 0 Å². The highest BCUT2D eigenvalue weighted by Gasteiger charge is 2.14. The maximum atomic E-state index is 9.47. The summed E-state index contributed by atoms with van der Waals surface area (Å²) in [6, 6.07) is 6.87. The Morgan fingerprint density at radius 2 is 2.25 bits per heavy atom. The molecular formula is C14H18N4O2. The summed E-state index contributed by atoms with van der Waals surface area (Å²) in [5, 5.41) is 16.8. The van der Waals surface area contributed by atoms with Crippen molar-refractivity contribution in [2.45, 2.75) is 13.0 Å². The van der Waals surface area contributed by atoms with E-state index in [2.05, 4.69) is 20.4 Å². The van der Waals surface area contributed by atoms with Crippen LogP contribution in [-0.2, 0) is 6.54 Å². The number of aromatic nitrogens is 2. The van der Waals surface area contributed by atoms with E-state index < -0.39 is 0 Å². The Morgan fingerprint density at radius 1 is 1.30 bits per heavy atom. The van der Waals surface area contributed by atoms with Crippen LogP contribution in [-0.4, -0.2) is 46.3 Å². The van der Waals surface area contributed by atoms with Crippen molar-refractivity contribution in [3.8, 4) is 17.1 Å². The van der Waals surface area contributed by atoms with Crippen LogP contribution in [0.5, 0.6) is 5.75 Å². The molecule has 1 saturated heterocycles. The predicted molar refractivity (Wildman–Crippen MR) is 74.2 cm³/mol. The molecule has 1 aliphatic rings. The van der Waals surface area contributed by atoms with Gasteiger partial charge in [-0.05, 0) is 31.6 Å². The van der Waals surface area contributed by atoms with Gasteiger partial charge in [-0.15, -0.1) is 0 Å². The molecule has 1 aromatic carbocycles. The number of nitrogens with zero attached hydrogens (tertiary/aromatic N) is 3. The molecule has 3 rings (SSSR count). The topological polar surface area (TPSA) is 74.4 Å². The fourth-order valence-electron chi connectivity index (χ4n) is 2.33. The minimum atomic E-state index is 0.201. The van der Waals surface area contributed by atoms with Gasteiger partial charge >= 0.3 is 0 Å². The zero-order valence-corrected chi connectivity index (χ0v) is 11.2. The van der Waals surface area contributed by atoms with Gasteiger partial charge in [-0.25, -0.2) is 0 Å². The molecule has 0 saturated carbocycles. The number of aromatic hydroxyl groups is 1. The normalized spacial score (nSPS) is 17.0. The van der Waals surface area contributed by atoms with Crippen LogP contribution in [0, 0.1) is 0 Å². The first-order valence-electron chi connectivity index (χ1n) is 6.86. The Kier molecular flexibility index (Phi) is 3.94. The second-order valence-electron chi connectivity index (χ2n) is 4.94. The van der Waals surface area contributed by atoms with Crippen LogP contribution in [0.1, 0.15) is 12.3 Å². The van der Waals surface area contributed by atoms with Gasteiger partial charge in [0.05, 0.1) is 6.54 Å². The molecule has 20 heavy (non-hydrogen) atoms. The van der Waals surface area contributed by atoms with Gasteiger partial charge in [0.2, 0.25) is 11.7 Å². The van der Waals surface area contributed by atoms with Gasteiger partial charge in [0, 0.05) is 18.7 Å². The van der Waals surface area contributed by atoms with E-state index in [0.29, 0.717) is 18.3 Å². The lowest BCUT2D eigenvalue weighted by molar-refractivity contribution is 0.239. The Balaban J connectivity index is 1.70. The summed E-state index contributed by atoms with van der Waals surface area (Å²) in [5.41, 5.74) is 0.762. The number of hydrogen-bond donors (Lipinski definition) is 2. The number of nitrogens with one attached hydrogen (secondary N) is 1. The van der Waals surface area contributed by atoms with Crippen molar-refractivity contribution in [2.75, 3.05) is 26.2 Å². The third-order valence-corrected chi connectivity index (χ3v) is 3.36. The van der Waals surface area contributed by atoms with Crippen LogP contribution in [0.15, 0.2) is 28.8 Å². The summed E-state index contributed by atoms with van der Waals surface area (Å²) in [6.45, 7) is 4.76. The summed E-state index contributed by atoms with van der Waals surface area (Å²) in [6.07, 6.45) is 1.13. The largest absolute Gasteiger partial charge is 0.508 e. The van der Waals surface area contributed by atoms with Crippen LogP contribution in [0.4, 0.5) is 0 Å². The van der Waals surface area contributed by atoms with Gasteiger partial charge in [-0.3, -0.25) is 4.90 Å². The molecule has 1 aliphatic heterocycles. The molecule has 0 bridgehead atoms. The SMILES string of the molecule is Oc1cccc(-c2noc(CN3CCCNCC3)n2)c1. The van der Waals surface area contributed by atoms with Crippen molar-refractivity contribution in [2.24, 2.45) is 0 Å². The molecule has 1 aromatic heterocycles. The van der Waals surface area contributed by atoms with Gasteiger partial charge in [-0.2, -0.15) is 4.98 Å². The van der Waals surface area contributed by atoms with Crippen LogP contribution >= 0.6 is 0 Å². The summed E-state index contributed by atoms with van der Waals surface area (Å²) < 4.78 is 5.30. The number of rotatable bonds is 3. The lowest BCUT2D eigenvalue weighted by Gasteiger charge is -2.16. The molecule has 0 unspecified atom stereocenters. The molecule has 106 valence electrons. The molecule has 0 aliphatic carbocycles.